The number of hydrogen-bond donors (Lipinski definition) is 0. The third-order valence-electron chi connectivity index (χ3n) is 1.83. The van der Waals surface area contributed by atoms with Crippen molar-refractivity contribution in [1.29, 1.82) is 0 Å². The molecule has 0 heteroatoms. The van der Waals surface area contributed by atoms with E-state index in [2.05, 4.69) is 53.7 Å². The Bertz CT molecular complexity index is 98.6. The highest BCUT2D eigenvalue weighted by atomic mass is 13.9. The molecular weight excluding hydrogens is 156 g/mol. The van der Waals surface area contributed by atoms with Gasteiger partial charge in [0.25, 0.3) is 0 Å². The smallest absolute Gasteiger partial charge is 0.0327 e. The van der Waals surface area contributed by atoms with Gasteiger partial charge in [-0.1, -0.05) is 60.1 Å². The largest absolute Gasteiger partial charge is 0.0888 e. The third-order valence-corrected chi connectivity index (χ3v) is 1.83. The lowest BCUT2D eigenvalue weighted by Crippen LogP contribution is -1.80. The Morgan fingerprint density at radius 3 is 1.54 bits per heavy atom. The van der Waals surface area contributed by atoms with Crippen LogP contribution < -0.4 is 0 Å². The van der Waals surface area contributed by atoms with Gasteiger partial charge in [-0.3, -0.25) is 0 Å². The summed E-state index contributed by atoms with van der Waals surface area (Å²) in [5.74, 6) is 1.70. The van der Waals surface area contributed by atoms with E-state index in [-0.39, 0.29) is 0 Å². The maximum absolute atomic E-state index is 2.25. The second-order valence-corrected chi connectivity index (χ2v) is 4.31. The molecule has 0 bridgehead atoms. The van der Waals surface area contributed by atoms with Crippen LogP contribution >= 0.6 is 0 Å². The average Bonchev–Trinajstić information content (AvgIpc) is 2.05. The van der Waals surface area contributed by atoms with Gasteiger partial charge >= 0.3 is 0 Å². The standard InChI is InChI=1S/C8H16.C5H12/c1-4-5-6-7-8(2)3;1-4-5(2)3/h5-6,8H,4,7H2,1-3H3;5H,4H2,1-3H3/b6-5-;. The van der Waals surface area contributed by atoms with Gasteiger partial charge in [0.15, 0.2) is 0 Å². The fraction of sp³-hybridized carbons (Fsp3) is 0.846. The lowest BCUT2D eigenvalue weighted by atomic mass is 10.1. The molecule has 0 atom stereocenters. The summed E-state index contributed by atoms with van der Waals surface area (Å²) < 4.78 is 0. The van der Waals surface area contributed by atoms with Gasteiger partial charge in [0, 0.05) is 0 Å². The maximum Gasteiger partial charge on any atom is -0.0327 e. The van der Waals surface area contributed by atoms with Crippen LogP contribution in [0.3, 0.4) is 0 Å². The molecule has 0 aliphatic heterocycles. The first-order valence-electron chi connectivity index (χ1n) is 5.69. The molecule has 0 aromatic heterocycles. The molecule has 0 saturated heterocycles. The molecule has 13 heavy (non-hydrogen) atoms. The molecule has 0 rings (SSSR count). The van der Waals surface area contributed by atoms with E-state index < -0.39 is 0 Å². The highest BCUT2D eigenvalue weighted by Gasteiger charge is 1.84. The van der Waals surface area contributed by atoms with E-state index >= 15 is 0 Å². The molecule has 0 heterocycles. The van der Waals surface area contributed by atoms with E-state index in [1.807, 2.05) is 0 Å². The van der Waals surface area contributed by atoms with Gasteiger partial charge in [0.1, 0.15) is 0 Å². The molecule has 0 aromatic rings. The Kier molecular flexibility index (Phi) is 13.7. The van der Waals surface area contributed by atoms with E-state index in [1.165, 1.54) is 19.3 Å². The zero-order valence-corrected chi connectivity index (χ0v) is 10.4. The van der Waals surface area contributed by atoms with Gasteiger partial charge < -0.3 is 0 Å². The minimum absolute atomic E-state index is 0.817. The van der Waals surface area contributed by atoms with Crippen LogP contribution in [0.2, 0.25) is 0 Å². The fourth-order valence-corrected chi connectivity index (χ4v) is 0.535. The summed E-state index contributed by atoms with van der Waals surface area (Å²) in [6, 6.07) is 0. The Morgan fingerprint density at radius 2 is 1.31 bits per heavy atom. The molecule has 0 N–H and O–H groups in total. The summed E-state index contributed by atoms with van der Waals surface area (Å²) in [7, 11) is 0. The van der Waals surface area contributed by atoms with E-state index in [1.54, 1.807) is 0 Å². The molecule has 0 amide bonds. The molecule has 0 spiro atoms. The van der Waals surface area contributed by atoms with Gasteiger partial charge in [-0.15, -0.1) is 0 Å². The molecule has 0 aliphatic carbocycles. The molecular formula is C13H28. The number of hydrogen-bond acceptors (Lipinski definition) is 0. The van der Waals surface area contributed by atoms with Crippen LogP contribution in [0.1, 0.15) is 60.8 Å². The Balaban J connectivity index is 0. The Labute approximate surface area is 85.4 Å². The summed E-state index contributed by atoms with van der Waals surface area (Å²) in [4.78, 5) is 0. The summed E-state index contributed by atoms with van der Waals surface area (Å²) in [6.45, 7) is 13.3. The summed E-state index contributed by atoms with van der Waals surface area (Å²) >= 11 is 0. The molecule has 0 radical (unpaired) electrons. The normalized spacial score (nSPS) is 10.8. The van der Waals surface area contributed by atoms with Crippen molar-refractivity contribution in [3.05, 3.63) is 12.2 Å². The Morgan fingerprint density at radius 1 is 0.846 bits per heavy atom. The second kappa shape index (κ2) is 11.7. The zero-order chi connectivity index (χ0) is 10.7. The van der Waals surface area contributed by atoms with Crippen molar-refractivity contribution < 1.29 is 0 Å². The van der Waals surface area contributed by atoms with Crippen LogP contribution in [0.15, 0.2) is 12.2 Å². The van der Waals surface area contributed by atoms with Crippen molar-refractivity contribution in [3.8, 4) is 0 Å². The monoisotopic (exact) mass is 184 g/mol. The van der Waals surface area contributed by atoms with Gasteiger partial charge in [-0.05, 0) is 24.7 Å². The molecule has 80 valence electrons. The zero-order valence-electron chi connectivity index (χ0n) is 10.4. The first kappa shape index (κ1) is 15.2. The molecule has 0 saturated carbocycles. The van der Waals surface area contributed by atoms with Gasteiger partial charge in [0.05, 0.1) is 0 Å². The average molecular weight is 184 g/mol. The van der Waals surface area contributed by atoms with Gasteiger partial charge in [0.2, 0.25) is 0 Å². The molecule has 0 aromatic carbocycles. The van der Waals surface area contributed by atoms with Crippen LogP contribution in [0.4, 0.5) is 0 Å². The quantitative estimate of drug-likeness (QED) is 0.536. The minimum Gasteiger partial charge on any atom is -0.0888 e. The SMILES string of the molecule is CC/C=C\CC(C)C.CCC(C)C. The van der Waals surface area contributed by atoms with Crippen molar-refractivity contribution in [2.24, 2.45) is 11.8 Å². The van der Waals surface area contributed by atoms with Crippen molar-refractivity contribution >= 4 is 0 Å². The number of rotatable bonds is 4. The highest BCUT2D eigenvalue weighted by Crippen LogP contribution is 1.99. The lowest BCUT2D eigenvalue weighted by Gasteiger charge is -1.94. The second-order valence-electron chi connectivity index (χ2n) is 4.31. The van der Waals surface area contributed by atoms with Gasteiger partial charge in [-0.25, -0.2) is 0 Å². The van der Waals surface area contributed by atoms with E-state index in [0.29, 0.717) is 0 Å². The minimum atomic E-state index is 0.817. The van der Waals surface area contributed by atoms with Crippen LogP contribution in [0.5, 0.6) is 0 Å². The highest BCUT2D eigenvalue weighted by molar-refractivity contribution is 4.80. The van der Waals surface area contributed by atoms with E-state index in [4.69, 9.17) is 0 Å². The fourth-order valence-electron chi connectivity index (χ4n) is 0.535. The molecule has 0 nitrogen and oxygen atoms in total. The molecule has 0 fully saturated rings. The third kappa shape index (κ3) is 24.5. The van der Waals surface area contributed by atoms with E-state index in [9.17, 15) is 0 Å². The van der Waals surface area contributed by atoms with Crippen molar-refractivity contribution in [1.82, 2.24) is 0 Å². The predicted octanol–water partition coefficient (Wildman–Crippen LogP) is 5.05. The van der Waals surface area contributed by atoms with Crippen LogP contribution in [-0.2, 0) is 0 Å². The molecule has 0 aliphatic rings. The summed E-state index contributed by atoms with van der Waals surface area (Å²) in [6.07, 6.45) is 8.19. The maximum atomic E-state index is 2.25. The summed E-state index contributed by atoms with van der Waals surface area (Å²) in [5.41, 5.74) is 0. The van der Waals surface area contributed by atoms with Crippen LogP contribution in [0, 0.1) is 11.8 Å². The van der Waals surface area contributed by atoms with Crippen molar-refractivity contribution in [2.75, 3.05) is 0 Å². The number of allylic oxidation sites excluding steroid dienone is 2. The molecule has 0 unspecified atom stereocenters. The van der Waals surface area contributed by atoms with Crippen LogP contribution in [-0.4, -0.2) is 0 Å². The topological polar surface area (TPSA) is 0 Å². The first-order valence-corrected chi connectivity index (χ1v) is 5.69. The predicted molar refractivity (Wildman–Crippen MR) is 64.0 cm³/mol. The van der Waals surface area contributed by atoms with Gasteiger partial charge in [-0.2, -0.15) is 0 Å². The van der Waals surface area contributed by atoms with E-state index in [0.717, 1.165) is 11.8 Å². The van der Waals surface area contributed by atoms with Crippen molar-refractivity contribution in [2.45, 2.75) is 60.8 Å². The Hall–Kier alpha value is -0.260. The summed E-state index contributed by atoms with van der Waals surface area (Å²) in [5, 5.41) is 0. The van der Waals surface area contributed by atoms with Crippen LogP contribution in [0.25, 0.3) is 0 Å². The van der Waals surface area contributed by atoms with Crippen molar-refractivity contribution in [3.63, 3.8) is 0 Å². The first-order chi connectivity index (χ1) is 6.04. The lowest BCUT2D eigenvalue weighted by molar-refractivity contribution is 0.626.